The molecule has 1 aromatic rings. The van der Waals surface area contributed by atoms with Gasteiger partial charge in [-0.05, 0) is 32.0 Å². The molecule has 1 aliphatic rings. The lowest BCUT2D eigenvalue weighted by Gasteiger charge is -2.38. The van der Waals surface area contributed by atoms with E-state index in [1.54, 1.807) is 18.2 Å². The van der Waals surface area contributed by atoms with Crippen molar-refractivity contribution >= 4 is 5.84 Å². The zero-order valence-corrected chi connectivity index (χ0v) is 12.5. The van der Waals surface area contributed by atoms with Gasteiger partial charge >= 0.3 is 0 Å². The number of oxime groups is 1. The minimum absolute atomic E-state index is 0.269. The maximum Gasteiger partial charge on any atom is 0.169 e. The van der Waals surface area contributed by atoms with E-state index in [2.05, 4.69) is 10.1 Å². The molecule has 0 radical (unpaired) electrons. The van der Waals surface area contributed by atoms with Gasteiger partial charge in [-0.15, -0.1) is 0 Å². The number of hydrogen-bond donors (Lipinski definition) is 2. The van der Waals surface area contributed by atoms with Crippen LogP contribution in [0.25, 0.3) is 0 Å². The van der Waals surface area contributed by atoms with E-state index in [1.165, 1.54) is 7.11 Å². The van der Waals surface area contributed by atoms with Crippen molar-refractivity contribution < 1.29 is 14.3 Å². The van der Waals surface area contributed by atoms with Crippen LogP contribution in [0.15, 0.2) is 23.4 Å². The van der Waals surface area contributed by atoms with Crippen LogP contribution in [0, 0.1) is 11.2 Å². The molecule has 116 valence electrons. The molecule has 5 nitrogen and oxygen atoms in total. The van der Waals surface area contributed by atoms with E-state index in [1.807, 2.05) is 6.92 Å². The Labute approximate surface area is 124 Å². The second-order valence-electron chi connectivity index (χ2n) is 5.76. The third-order valence-electron chi connectivity index (χ3n) is 4.34. The number of ether oxygens (including phenoxy) is 1. The number of likely N-dealkylation sites (tertiary alicyclic amines) is 1. The first-order valence-corrected chi connectivity index (χ1v) is 7.02. The smallest absolute Gasteiger partial charge is 0.169 e. The van der Waals surface area contributed by atoms with E-state index in [-0.39, 0.29) is 22.8 Å². The summed E-state index contributed by atoms with van der Waals surface area (Å²) in [6, 6.07) is 5.18. The number of rotatable bonds is 4. The van der Waals surface area contributed by atoms with Gasteiger partial charge < -0.3 is 15.7 Å². The number of halogens is 1. The van der Waals surface area contributed by atoms with Gasteiger partial charge in [-0.1, -0.05) is 24.2 Å². The molecule has 0 amide bonds. The monoisotopic (exact) mass is 295 g/mol. The van der Waals surface area contributed by atoms with Crippen molar-refractivity contribution in [3.8, 4) is 5.75 Å². The molecule has 2 rings (SSSR count). The highest BCUT2D eigenvalue weighted by Crippen LogP contribution is 2.32. The molecule has 1 aliphatic heterocycles. The average molecular weight is 295 g/mol. The minimum Gasteiger partial charge on any atom is -0.494 e. The van der Waals surface area contributed by atoms with Crippen LogP contribution in [0.4, 0.5) is 4.39 Å². The molecule has 0 atom stereocenters. The van der Waals surface area contributed by atoms with E-state index in [0.29, 0.717) is 12.1 Å². The number of hydrogen-bond acceptors (Lipinski definition) is 4. The number of amidine groups is 1. The van der Waals surface area contributed by atoms with Crippen LogP contribution in [0.1, 0.15) is 25.3 Å². The predicted molar refractivity (Wildman–Crippen MR) is 79.0 cm³/mol. The molecule has 3 N–H and O–H groups in total. The van der Waals surface area contributed by atoms with Gasteiger partial charge in [-0.2, -0.15) is 0 Å². The summed E-state index contributed by atoms with van der Waals surface area (Å²) >= 11 is 0. The Bertz CT molecular complexity index is 526. The first-order valence-electron chi connectivity index (χ1n) is 7.02. The van der Waals surface area contributed by atoms with Gasteiger partial charge in [0, 0.05) is 17.5 Å². The summed E-state index contributed by atoms with van der Waals surface area (Å²) in [5, 5.41) is 12.0. The zero-order chi connectivity index (χ0) is 15.5. The molecule has 1 fully saturated rings. The molecule has 1 heterocycles. The SMILES string of the molecule is COc1cccc(CN2CCC(C)(/C(N)=N/O)CC2)c1F. The Morgan fingerprint density at radius 2 is 2.14 bits per heavy atom. The van der Waals surface area contributed by atoms with Crippen molar-refractivity contribution in [3.05, 3.63) is 29.6 Å². The Hall–Kier alpha value is -1.82. The minimum atomic E-state index is -0.301. The Morgan fingerprint density at radius 3 is 2.71 bits per heavy atom. The van der Waals surface area contributed by atoms with Crippen molar-refractivity contribution in [1.82, 2.24) is 4.90 Å². The third kappa shape index (κ3) is 3.26. The standard InChI is InChI=1S/C15H22FN3O2/c1-15(14(17)18-20)6-8-19(9-7-15)10-11-4-3-5-12(21-2)13(11)16/h3-5,20H,6-10H2,1-2H3,(H2,17,18). The Kier molecular flexibility index (Phi) is 4.67. The first kappa shape index (κ1) is 15.6. The van der Waals surface area contributed by atoms with Crippen LogP contribution in [-0.2, 0) is 6.54 Å². The summed E-state index contributed by atoms with van der Waals surface area (Å²) in [5.41, 5.74) is 6.09. The number of nitrogens with two attached hydrogens (primary N) is 1. The summed E-state index contributed by atoms with van der Waals surface area (Å²) in [7, 11) is 1.46. The summed E-state index contributed by atoms with van der Waals surface area (Å²) in [4.78, 5) is 2.17. The second kappa shape index (κ2) is 6.30. The van der Waals surface area contributed by atoms with Crippen molar-refractivity contribution in [2.45, 2.75) is 26.3 Å². The fourth-order valence-corrected chi connectivity index (χ4v) is 2.66. The van der Waals surface area contributed by atoms with Crippen LogP contribution >= 0.6 is 0 Å². The molecular weight excluding hydrogens is 273 g/mol. The molecule has 0 aliphatic carbocycles. The van der Waals surface area contributed by atoms with Gasteiger partial charge in [0.15, 0.2) is 11.6 Å². The van der Waals surface area contributed by atoms with Crippen LogP contribution in [-0.4, -0.2) is 36.1 Å². The van der Waals surface area contributed by atoms with E-state index in [0.717, 1.165) is 25.9 Å². The average Bonchev–Trinajstić information content (AvgIpc) is 2.50. The number of piperidine rings is 1. The highest BCUT2D eigenvalue weighted by molar-refractivity contribution is 5.85. The Balaban J connectivity index is 2.01. The molecule has 6 heteroatoms. The van der Waals surface area contributed by atoms with Gasteiger partial charge in [0.2, 0.25) is 0 Å². The third-order valence-corrected chi connectivity index (χ3v) is 4.34. The summed E-state index contributed by atoms with van der Waals surface area (Å²) in [6.45, 7) is 4.09. The van der Waals surface area contributed by atoms with E-state index < -0.39 is 0 Å². The van der Waals surface area contributed by atoms with Gasteiger partial charge in [0.05, 0.1) is 7.11 Å². The first-order chi connectivity index (χ1) is 10.00. The van der Waals surface area contributed by atoms with E-state index in [4.69, 9.17) is 15.7 Å². The quantitative estimate of drug-likeness (QED) is 0.386. The lowest BCUT2D eigenvalue weighted by molar-refractivity contribution is 0.151. The van der Waals surface area contributed by atoms with Crippen LogP contribution in [0.2, 0.25) is 0 Å². The van der Waals surface area contributed by atoms with Crippen molar-refractivity contribution in [3.63, 3.8) is 0 Å². The summed E-state index contributed by atoms with van der Waals surface area (Å²) in [6.07, 6.45) is 1.57. The van der Waals surface area contributed by atoms with E-state index >= 15 is 0 Å². The van der Waals surface area contributed by atoms with Crippen molar-refractivity contribution in [2.24, 2.45) is 16.3 Å². The predicted octanol–water partition coefficient (Wildman–Crippen LogP) is 2.18. The fourth-order valence-electron chi connectivity index (χ4n) is 2.66. The molecule has 21 heavy (non-hydrogen) atoms. The fraction of sp³-hybridized carbons (Fsp3) is 0.533. The normalized spacial score (nSPS) is 19.5. The van der Waals surface area contributed by atoms with Gasteiger partial charge in [0.25, 0.3) is 0 Å². The van der Waals surface area contributed by atoms with Gasteiger partial charge in [-0.25, -0.2) is 4.39 Å². The number of benzene rings is 1. The van der Waals surface area contributed by atoms with E-state index in [9.17, 15) is 4.39 Å². The summed E-state index contributed by atoms with van der Waals surface area (Å²) in [5.74, 6) is 0.241. The molecular formula is C15H22FN3O2. The van der Waals surface area contributed by atoms with Crippen molar-refractivity contribution in [2.75, 3.05) is 20.2 Å². The van der Waals surface area contributed by atoms with Crippen LogP contribution < -0.4 is 10.5 Å². The summed E-state index contributed by atoms with van der Waals surface area (Å²) < 4.78 is 19.1. The molecule has 1 saturated heterocycles. The van der Waals surface area contributed by atoms with Crippen LogP contribution in [0.3, 0.4) is 0 Å². The number of nitrogens with zero attached hydrogens (tertiary/aromatic N) is 2. The van der Waals surface area contributed by atoms with Crippen molar-refractivity contribution in [1.29, 1.82) is 0 Å². The molecule has 0 bridgehead atoms. The second-order valence-corrected chi connectivity index (χ2v) is 5.76. The highest BCUT2D eigenvalue weighted by atomic mass is 19.1. The molecule has 0 saturated carbocycles. The zero-order valence-electron chi connectivity index (χ0n) is 12.5. The molecule has 0 spiro atoms. The Morgan fingerprint density at radius 1 is 1.48 bits per heavy atom. The maximum atomic E-state index is 14.1. The lowest BCUT2D eigenvalue weighted by Crippen LogP contribution is -2.45. The molecule has 1 aromatic carbocycles. The van der Waals surface area contributed by atoms with Gasteiger partial charge in [0.1, 0.15) is 5.84 Å². The van der Waals surface area contributed by atoms with Crippen LogP contribution in [0.5, 0.6) is 5.75 Å². The molecule has 0 aromatic heterocycles. The maximum absolute atomic E-state index is 14.1. The highest BCUT2D eigenvalue weighted by Gasteiger charge is 2.34. The topological polar surface area (TPSA) is 71.1 Å². The molecule has 0 unspecified atom stereocenters. The largest absolute Gasteiger partial charge is 0.494 e. The number of methoxy groups -OCH3 is 1. The van der Waals surface area contributed by atoms with Gasteiger partial charge in [-0.3, -0.25) is 4.90 Å². The lowest BCUT2D eigenvalue weighted by atomic mass is 9.79.